The molecule has 3 rings (SSSR count). The lowest BCUT2D eigenvalue weighted by molar-refractivity contribution is 0.484. The van der Waals surface area contributed by atoms with Gasteiger partial charge in [-0.2, -0.15) is 0 Å². The average molecular weight is 426 g/mol. The van der Waals surface area contributed by atoms with Gasteiger partial charge in [-0.05, 0) is 36.8 Å². The topological polar surface area (TPSA) is 93.1 Å². The smallest absolute Gasteiger partial charge is 0.260 e. The van der Waals surface area contributed by atoms with Crippen molar-refractivity contribution in [3.63, 3.8) is 0 Å². The van der Waals surface area contributed by atoms with Crippen LogP contribution in [0.25, 0.3) is 10.9 Å². The molecule has 0 saturated carbocycles. The van der Waals surface area contributed by atoms with Gasteiger partial charge in [0.15, 0.2) is 5.82 Å². The maximum absolute atomic E-state index is 14.7. The van der Waals surface area contributed by atoms with Crippen molar-refractivity contribution < 1.29 is 21.6 Å². The lowest BCUT2D eigenvalue weighted by atomic mass is 10.2. The van der Waals surface area contributed by atoms with Gasteiger partial charge in [0.1, 0.15) is 11.5 Å². The van der Waals surface area contributed by atoms with Crippen molar-refractivity contribution in [2.75, 3.05) is 22.5 Å². The molecule has 11 heteroatoms. The number of nitrogens with one attached hydrogen (secondary N) is 2. The van der Waals surface area contributed by atoms with Crippen LogP contribution in [0.4, 0.5) is 30.2 Å². The van der Waals surface area contributed by atoms with E-state index in [0.717, 1.165) is 12.1 Å². The first-order valence-corrected chi connectivity index (χ1v) is 10.1. The zero-order valence-corrected chi connectivity index (χ0v) is 16.1. The van der Waals surface area contributed by atoms with Crippen LogP contribution in [0.15, 0.2) is 41.5 Å². The molecule has 1 heterocycles. The lowest BCUT2D eigenvalue weighted by Crippen LogP contribution is -2.18. The van der Waals surface area contributed by atoms with Crippen molar-refractivity contribution in [2.24, 2.45) is 7.05 Å². The average Bonchev–Trinajstić information content (AvgIpc) is 2.69. The largest absolute Gasteiger partial charge is 0.351 e. The van der Waals surface area contributed by atoms with Gasteiger partial charge in [-0.25, -0.2) is 22.2 Å². The van der Waals surface area contributed by atoms with Gasteiger partial charge in [-0.3, -0.25) is 13.9 Å². The fourth-order valence-corrected chi connectivity index (χ4v) is 3.73. The number of halogens is 3. The molecule has 2 N–H and O–H groups in total. The van der Waals surface area contributed by atoms with Crippen molar-refractivity contribution >= 4 is 38.0 Å². The summed E-state index contributed by atoms with van der Waals surface area (Å²) in [6.07, 6.45) is 1.11. The Morgan fingerprint density at radius 1 is 1.17 bits per heavy atom. The Bertz CT molecular complexity index is 1230. The van der Waals surface area contributed by atoms with Crippen LogP contribution in [0.1, 0.15) is 6.42 Å². The van der Waals surface area contributed by atoms with Crippen LogP contribution in [-0.4, -0.2) is 30.4 Å². The van der Waals surface area contributed by atoms with Gasteiger partial charge in [-0.1, -0.05) is 0 Å². The lowest BCUT2D eigenvalue weighted by Gasteiger charge is -2.14. The number of hydrogen-bond acceptors (Lipinski definition) is 5. The van der Waals surface area contributed by atoms with Crippen molar-refractivity contribution in [3.8, 4) is 0 Å². The van der Waals surface area contributed by atoms with Gasteiger partial charge in [0.25, 0.3) is 5.56 Å². The molecule has 2 aromatic carbocycles. The first-order chi connectivity index (χ1) is 13.7. The van der Waals surface area contributed by atoms with E-state index in [1.54, 1.807) is 0 Å². The highest BCUT2D eigenvalue weighted by atomic mass is 32.2. The molecule has 0 amide bonds. The number of hydrogen-bond donors (Lipinski definition) is 2. The van der Waals surface area contributed by atoms with E-state index >= 15 is 0 Å². The number of rotatable bonds is 7. The maximum Gasteiger partial charge on any atom is 0.260 e. The third-order valence-electron chi connectivity index (χ3n) is 4.09. The van der Waals surface area contributed by atoms with E-state index in [1.807, 2.05) is 4.72 Å². The van der Waals surface area contributed by atoms with Gasteiger partial charge in [0, 0.05) is 12.7 Å². The molecule has 1 aromatic heterocycles. The van der Waals surface area contributed by atoms with Crippen LogP contribution in [0.2, 0.25) is 0 Å². The second-order valence-electron chi connectivity index (χ2n) is 6.26. The Morgan fingerprint density at radius 3 is 2.66 bits per heavy atom. The van der Waals surface area contributed by atoms with Crippen LogP contribution in [0.5, 0.6) is 0 Å². The van der Waals surface area contributed by atoms with Gasteiger partial charge in [0.2, 0.25) is 10.0 Å². The Hall–Kier alpha value is -3.08. The molecule has 3 aromatic rings. The third kappa shape index (κ3) is 4.50. The van der Waals surface area contributed by atoms with Gasteiger partial charge in [0.05, 0.1) is 35.3 Å². The molecule has 0 aliphatic rings. The highest BCUT2D eigenvalue weighted by Gasteiger charge is 2.19. The molecule has 0 fully saturated rings. The SMILES string of the molecule is Cn1cnc2ccc(Nc3c(F)ccc(NS(=O)(=O)CCCF)c3F)cc2c1=O. The molecule has 0 atom stereocenters. The minimum absolute atomic E-state index is 0.206. The number of anilines is 3. The molecule has 29 heavy (non-hydrogen) atoms. The zero-order valence-electron chi connectivity index (χ0n) is 15.2. The molecular weight excluding hydrogens is 409 g/mol. The molecule has 154 valence electrons. The van der Waals surface area contributed by atoms with Crippen LogP contribution < -0.4 is 15.6 Å². The fraction of sp³-hybridized carbons (Fsp3) is 0.222. The Balaban J connectivity index is 1.96. The Labute approximate surface area is 164 Å². The summed E-state index contributed by atoms with van der Waals surface area (Å²) in [5.41, 5.74) is -0.803. The van der Waals surface area contributed by atoms with Crippen LogP contribution >= 0.6 is 0 Å². The molecule has 0 unspecified atom stereocenters. The summed E-state index contributed by atoms with van der Waals surface area (Å²) < 4.78 is 68.2. The van der Waals surface area contributed by atoms with Crippen molar-refractivity contribution in [1.82, 2.24) is 9.55 Å². The summed E-state index contributed by atoms with van der Waals surface area (Å²) in [6, 6.07) is 6.20. The predicted molar refractivity (Wildman–Crippen MR) is 105 cm³/mol. The summed E-state index contributed by atoms with van der Waals surface area (Å²) >= 11 is 0. The Morgan fingerprint density at radius 2 is 1.93 bits per heavy atom. The minimum atomic E-state index is -3.99. The highest BCUT2D eigenvalue weighted by Crippen LogP contribution is 2.30. The summed E-state index contributed by atoms with van der Waals surface area (Å²) in [5.74, 6) is -2.68. The summed E-state index contributed by atoms with van der Waals surface area (Å²) in [5, 5.41) is 2.77. The number of sulfonamides is 1. The van der Waals surface area contributed by atoms with Gasteiger partial charge < -0.3 is 9.88 Å². The molecule has 0 aliphatic heterocycles. The summed E-state index contributed by atoms with van der Waals surface area (Å²) in [7, 11) is -2.47. The molecule has 0 spiro atoms. The van der Waals surface area contributed by atoms with Gasteiger partial charge >= 0.3 is 0 Å². The molecule has 0 saturated heterocycles. The second-order valence-corrected chi connectivity index (χ2v) is 8.11. The maximum atomic E-state index is 14.7. The molecule has 0 radical (unpaired) electrons. The monoisotopic (exact) mass is 426 g/mol. The van der Waals surface area contributed by atoms with Crippen LogP contribution in [-0.2, 0) is 17.1 Å². The second kappa shape index (κ2) is 8.11. The van der Waals surface area contributed by atoms with Crippen molar-refractivity contribution in [3.05, 3.63) is 58.6 Å². The van der Waals surface area contributed by atoms with E-state index in [2.05, 4.69) is 10.3 Å². The molecule has 0 bridgehead atoms. The summed E-state index contributed by atoms with van der Waals surface area (Å²) in [4.78, 5) is 16.3. The minimum Gasteiger partial charge on any atom is -0.351 e. The number of benzene rings is 2. The van der Waals surface area contributed by atoms with Crippen molar-refractivity contribution in [2.45, 2.75) is 6.42 Å². The van der Waals surface area contributed by atoms with E-state index in [9.17, 15) is 26.4 Å². The van der Waals surface area contributed by atoms with Crippen molar-refractivity contribution in [1.29, 1.82) is 0 Å². The number of aromatic nitrogens is 2. The quantitative estimate of drug-likeness (QED) is 0.606. The first-order valence-electron chi connectivity index (χ1n) is 8.49. The standard InChI is InChI=1S/C18H17F3N4O3S/c1-25-10-22-14-5-3-11(9-12(14)18(25)26)23-17-13(20)4-6-15(16(17)21)24-29(27,28)8-2-7-19/h3-6,9-10,23-24H,2,7-8H2,1H3. The normalized spacial score (nSPS) is 11.6. The van der Waals surface area contributed by atoms with Gasteiger partial charge in [-0.15, -0.1) is 0 Å². The van der Waals surface area contributed by atoms with E-state index in [4.69, 9.17) is 0 Å². The number of aryl methyl sites for hydroxylation is 1. The molecule has 0 aliphatic carbocycles. The third-order valence-corrected chi connectivity index (χ3v) is 5.45. The van der Waals surface area contributed by atoms with Crippen LogP contribution in [0, 0.1) is 11.6 Å². The Kier molecular flexibility index (Phi) is 5.78. The van der Waals surface area contributed by atoms with Crippen LogP contribution in [0.3, 0.4) is 0 Å². The fourth-order valence-electron chi connectivity index (χ4n) is 2.64. The predicted octanol–water partition coefficient (Wildman–Crippen LogP) is 3.06. The number of fused-ring (bicyclic) bond motifs is 1. The summed E-state index contributed by atoms with van der Waals surface area (Å²) in [6.45, 7) is -0.837. The van der Waals surface area contributed by atoms with E-state index in [0.29, 0.717) is 5.52 Å². The van der Waals surface area contributed by atoms with E-state index < -0.39 is 45.5 Å². The van der Waals surface area contributed by atoms with E-state index in [1.165, 1.54) is 36.1 Å². The number of alkyl halides is 1. The molecule has 7 nitrogen and oxygen atoms in total. The first kappa shape index (κ1) is 20.6. The van der Waals surface area contributed by atoms with E-state index in [-0.39, 0.29) is 23.1 Å². The zero-order chi connectivity index (χ0) is 21.2. The number of nitrogens with zero attached hydrogens (tertiary/aromatic N) is 2. The molecular formula is C18H17F3N4O3S. The highest BCUT2D eigenvalue weighted by molar-refractivity contribution is 7.92.